The second-order valence-electron chi connectivity index (χ2n) is 3.36. The van der Waals surface area contributed by atoms with Gasteiger partial charge in [0.1, 0.15) is 5.75 Å². The molecule has 0 aliphatic heterocycles. The van der Waals surface area contributed by atoms with E-state index in [0.717, 1.165) is 0 Å². The molecule has 0 spiro atoms. The number of ether oxygens (including phenoxy) is 1. The van der Waals surface area contributed by atoms with E-state index in [4.69, 9.17) is 9.84 Å². The summed E-state index contributed by atoms with van der Waals surface area (Å²) in [5.41, 5.74) is -0.0924. The van der Waals surface area contributed by atoms with Crippen LogP contribution >= 0.6 is 0 Å². The molecular weight excluding hydrogens is 224 g/mol. The summed E-state index contributed by atoms with van der Waals surface area (Å²) in [6.07, 6.45) is 0. The molecule has 0 amide bonds. The van der Waals surface area contributed by atoms with E-state index in [0.29, 0.717) is 11.3 Å². The summed E-state index contributed by atoms with van der Waals surface area (Å²) in [5, 5.41) is 13.7. The van der Waals surface area contributed by atoms with Crippen molar-refractivity contribution in [3.8, 4) is 17.0 Å². The number of aromatic amines is 2. The number of H-pyrrole nitrogens is 2. The predicted molar refractivity (Wildman–Crippen MR) is 60.4 cm³/mol. The highest BCUT2D eigenvalue weighted by atomic mass is 16.5. The van der Waals surface area contributed by atoms with Gasteiger partial charge in [0, 0.05) is 5.56 Å². The Hall–Kier alpha value is -2.50. The van der Waals surface area contributed by atoms with E-state index < -0.39 is 11.5 Å². The van der Waals surface area contributed by atoms with Crippen LogP contribution in [0.5, 0.6) is 5.75 Å². The highest BCUT2D eigenvalue weighted by molar-refractivity contribution is 5.94. The zero-order valence-corrected chi connectivity index (χ0v) is 8.98. The van der Waals surface area contributed by atoms with Gasteiger partial charge in [0.05, 0.1) is 12.8 Å². The lowest BCUT2D eigenvalue weighted by Gasteiger charge is -2.02. The van der Waals surface area contributed by atoms with E-state index in [9.17, 15) is 9.59 Å². The summed E-state index contributed by atoms with van der Waals surface area (Å²) >= 11 is 0. The monoisotopic (exact) mass is 234 g/mol. The van der Waals surface area contributed by atoms with Crippen LogP contribution in [-0.4, -0.2) is 28.4 Å². The molecule has 2 aromatic rings. The third-order valence-corrected chi connectivity index (χ3v) is 2.37. The minimum Gasteiger partial charge on any atom is -0.497 e. The van der Waals surface area contributed by atoms with E-state index in [1.807, 2.05) is 0 Å². The molecule has 0 fully saturated rings. The summed E-state index contributed by atoms with van der Waals surface area (Å²) in [7, 11) is 1.54. The van der Waals surface area contributed by atoms with Crippen LogP contribution in [0.25, 0.3) is 11.3 Å². The first-order chi connectivity index (χ1) is 8.13. The molecule has 0 atom stereocenters. The van der Waals surface area contributed by atoms with Gasteiger partial charge in [-0.2, -0.15) is 0 Å². The molecule has 88 valence electrons. The van der Waals surface area contributed by atoms with E-state index >= 15 is 0 Å². The van der Waals surface area contributed by atoms with Crippen LogP contribution < -0.4 is 10.3 Å². The van der Waals surface area contributed by atoms with Gasteiger partial charge in [-0.15, -0.1) is 0 Å². The Morgan fingerprint density at radius 1 is 1.24 bits per heavy atom. The van der Waals surface area contributed by atoms with E-state index in [1.54, 1.807) is 24.3 Å². The van der Waals surface area contributed by atoms with Crippen molar-refractivity contribution in [3.05, 3.63) is 40.2 Å². The maximum Gasteiger partial charge on any atom is 0.343 e. The fourth-order valence-electron chi connectivity index (χ4n) is 1.54. The van der Waals surface area contributed by atoms with Crippen molar-refractivity contribution in [1.82, 2.24) is 10.2 Å². The minimum atomic E-state index is -1.27. The molecule has 2 rings (SSSR count). The average Bonchev–Trinajstić information content (AvgIpc) is 2.71. The Morgan fingerprint density at radius 2 is 1.88 bits per heavy atom. The second kappa shape index (κ2) is 4.17. The van der Waals surface area contributed by atoms with Gasteiger partial charge >= 0.3 is 5.97 Å². The number of hydrogen-bond donors (Lipinski definition) is 3. The van der Waals surface area contributed by atoms with E-state index in [1.165, 1.54) is 7.11 Å². The van der Waals surface area contributed by atoms with Crippen molar-refractivity contribution in [2.45, 2.75) is 0 Å². The lowest BCUT2D eigenvalue weighted by molar-refractivity contribution is 0.0696. The van der Waals surface area contributed by atoms with Gasteiger partial charge < -0.3 is 9.84 Å². The Morgan fingerprint density at radius 3 is 2.41 bits per heavy atom. The molecule has 6 nitrogen and oxygen atoms in total. The molecule has 0 saturated heterocycles. The molecule has 0 aliphatic carbocycles. The molecule has 1 heterocycles. The van der Waals surface area contributed by atoms with Gasteiger partial charge in [0.25, 0.3) is 5.56 Å². The average molecular weight is 234 g/mol. The zero-order valence-electron chi connectivity index (χ0n) is 8.98. The van der Waals surface area contributed by atoms with Crippen molar-refractivity contribution >= 4 is 5.97 Å². The van der Waals surface area contributed by atoms with E-state index in [-0.39, 0.29) is 11.3 Å². The summed E-state index contributed by atoms with van der Waals surface area (Å²) in [6.45, 7) is 0. The van der Waals surface area contributed by atoms with Crippen molar-refractivity contribution in [3.63, 3.8) is 0 Å². The van der Waals surface area contributed by atoms with Crippen LogP contribution in [-0.2, 0) is 0 Å². The maximum atomic E-state index is 11.3. The predicted octanol–water partition coefficient (Wildman–Crippen LogP) is 1.08. The van der Waals surface area contributed by atoms with Crippen LogP contribution in [0.4, 0.5) is 0 Å². The summed E-state index contributed by atoms with van der Waals surface area (Å²) in [5.74, 6) is -0.609. The van der Waals surface area contributed by atoms with Crippen LogP contribution in [0, 0.1) is 0 Å². The van der Waals surface area contributed by atoms with Crippen molar-refractivity contribution < 1.29 is 14.6 Å². The van der Waals surface area contributed by atoms with Gasteiger partial charge in [-0.05, 0) is 24.3 Å². The first kappa shape index (κ1) is 11.0. The molecule has 0 unspecified atom stereocenters. The standard InChI is InChI=1S/C11H10N2O4/c1-17-7-4-2-6(3-5-7)9-8(11(15)16)10(14)13-12-9/h2-5H,1H3,(H,15,16)(H2,12,13,14). The van der Waals surface area contributed by atoms with Gasteiger partial charge in [0.15, 0.2) is 5.56 Å². The molecule has 0 saturated carbocycles. The van der Waals surface area contributed by atoms with Gasteiger partial charge in [-0.1, -0.05) is 0 Å². The minimum absolute atomic E-state index is 0.255. The quantitative estimate of drug-likeness (QED) is 0.740. The molecule has 17 heavy (non-hydrogen) atoms. The molecule has 0 radical (unpaired) electrons. The Labute approximate surface area is 95.8 Å². The molecule has 3 N–H and O–H groups in total. The molecule has 6 heteroatoms. The highest BCUT2D eigenvalue weighted by Crippen LogP contribution is 2.21. The van der Waals surface area contributed by atoms with Crippen molar-refractivity contribution in [1.29, 1.82) is 0 Å². The highest BCUT2D eigenvalue weighted by Gasteiger charge is 2.18. The normalized spacial score (nSPS) is 10.2. The molecule has 1 aromatic heterocycles. The Kier molecular flexibility index (Phi) is 2.70. The number of methoxy groups -OCH3 is 1. The third-order valence-electron chi connectivity index (χ3n) is 2.37. The van der Waals surface area contributed by atoms with Gasteiger partial charge in [-0.25, -0.2) is 4.79 Å². The maximum absolute atomic E-state index is 11.3. The molecular formula is C11H10N2O4. The topological polar surface area (TPSA) is 95.2 Å². The number of rotatable bonds is 3. The van der Waals surface area contributed by atoms with Gasteiger partial charge in [0.2, 0.25) is 0 Å². The number of hydrogen-bond acceptors (Lipinski definition) is 3. The third kappa shape index (κ3) is 1.92. The van der Waals surface area contributed by atoms with Crippen LogP contribution in [0.1, 0.15) is 10.4 Å². The Bertz CT molecular complexity index is 595. The first-order valence-electron chi connectivity index (χ1n) is 4.82. The Balaban J connectivity index is 2.53. The summed E-state index contributed by atoms with van der Waals surface area (Å²) < 4.78 is 4.99. The molecule has 1 aromatic carbocycles. The lowest BCUT2D eigenvalue weighted by Crippen LogP contribution is -2.12. The van der Waals surface area contributed by atoms with Gasteiger partial charge in [-0.3, -0.25) is 15.0 Å². The van der Waals surface area contributed by atoms with Crippen LogP contribution in [0.3, 0.4) is 0 Å². The first-order valence-corrected chi connectivity index (χ1v) is 4.82. The zero-order chi connectivity index (χ0) is 12.4. The van der Waals surface area contributed by atoms with Crippen molar-refractivity contribution in [2.75, 3.05) is 7.11 Å². The number of benzene rings is 1. The van der Waals surface area contributed by atoms with Crippen LogP contribution in [0.2, 0.25) is 0 Å². The number of aromatic carboxylic acids is 1. The molecule has 0 bridgehead atoms. The van der Waals surface area contributed by atoms with E-state index in [2.05, 4.69) is 10.2 Å². The van der Waals surface area contributed by atoms with Crippen molar-refractivity contribution in [2.24, 2.45) is 0 Å². The fourth-order valence-corrected chi connectivity index (χ4v) is 1.54. The number of carboxylic acid groups (broad SMARTS) is 1. The number of carbonyl (C=O) groups is 1. The number of nitrogens with one attached hydrogen (secondary N) is 2. The fraction of sp³-hybridized carbons (Fsp3) is 0.0909. The second-order valence-corrected chi connectivity index (χ2v) is 3.36. The number of carboxylic acids is 1. The summed E-state index contributed by atoms with van der Waals surface area (Å²) in [4.78, 5) is 22.2. The van der Waals surface area contributed by atoms with Crippen LogP contribution in [0.15, 0.2) is 29.1 Å². The summed E-state index contributed by atoms with van der Waals surface area (Å²) in [6, 6.07) is 6.72. The number of aromatic nitrogens is 2. The lowest BCUT2D eigenvalue weighted by atomic mass is 10.1. The smallest absolute Gasteiger partial charge is 0.343 e. The SMILES string of the molecule is COc1ccc(-c2[nH][nH]c(=O)c2C(=O)O)cc1. The largest absolute Gasteiger partial charge is 0.497 e. The molecule has 0 aliphatic rings.